The van der Waals surface area contributed by atoms with Crippen LogP contribution < -0.4 is 10.1 Å². The summed E-state index contributed by atoms with van der Waals surface area (Å²) in [4.78, 5) is 12.8. The van der Waals surface area contributed by atoms with Gasteiger partial charge in [-0.1, -0.05) is 6.07 Å². The number of benzene rings is 3. The Bertz CT molecular complexity index is 1570. The molecule has 0 atom stereocenters. The van der Waals surface area contributed by atoms with Crippen LogP contribution in [-0.4, -0.2) is 26.5 Å². The van der Waals surface area contributed by atoms with Crippen molar-refractivity contribution in [2.24, 2.45) is 0 Å². The number of hydrogen-bond donors (Lipinski definition) is 2. The van der Waals surface area contributed by atoms with E-state index in [9.17, 15) is 13.6 Å². The molecule has 0 fully saturated rings. The van der Waals surface area contributed by atoms with E-state index in [1.807, 2.05) is 6.07 Å². The number of nitriles is 1. The molecule has 11 heteroatoms. The number of ether oxygens (including phenoxy) is 1. The number of fused-ring (bicyclic) bond motifs is 1. The number of H-pyrrole nitrogens is 1. The van der Waals surface area contributed by atoms with E-state index in [4.69, 9.17) is 14.4 Å². The number of tetrazole rings is 1. The van der Waals surface area contributed by atoms with Crippen LogP contribution in [0.25, 0.3) is 22.4 Å². The smallest absolute Gasteiger partial charge is 0.259 e. The lowest BCUT2D eigenvalue weighted by Gasteiger charge is -2.09. The lowest BCUT2D eigenvalue weighted by atomic mass is 10.1. The highest BCUT2D eigenvalue weighted by Crippen LogP contribution is 2.29. The van der Waals surface area contributed by atoms with Gasteiger partial charge in [0, 0.05) is 16.6 Å². The summed E-state index contributed by atoms with van der Waals surface area (Å²) in [5, 5.41) is 25.3. The Morgan fingerprint density at radius 1 is 1.14 bits per heavy atom. The third-order valence-corrected chi connectivity index (χ3v) is 5.19. The summed E-state index contributed by atoms with van der Waals surface area (Å²) in [6.45, 7) is 0.0767. The maximum absolute atomic E-state index is 14.6. The molecule has 9 nitrogen and oxygen atoms in total. The molecule has 1 amide bonds. The van der Waals surface area contributed by atoms with Gasteiger partial charge in [0.05, 0.1) is 22.8 Å². The quantitative estimate of drug-likeness (QED) is 0.370. The summed E-state index contributed by atoms with van der Waals surface area (Å²) in [5.41, 5.74) is 1.75. The maximum Gasteiger partial charge on any atom is 0.259 e. The predicted octanol–water partition coefficient (Wildman–Crippen LogP) is 4.59. The maximum atomic E-state index is 14.6. The number of nitrogens with zero attached hydrogens (tertiary/aromatic N) is 4. The van der Waals surface area contributed by atoms with Crippen LogP contribution in [0.2, 0.25) is 0 Å². The number of hydrogen-bond acceptors (Lipinski definition) is 7. The number of carbonyl (C=O) groups excluding carboxylic acids is 1. The summed E-state index contributed by atoms with van der Waals surface area (Å²) in [6.07, 6.45) is 1.24. The highest BCUT2D eigenvalue weighted by Gasteiger charge is 2.19. The number of aromatic amines is 1. The molecule has 0 aliphatic carbocycles. The molecule has 0 unspecified atom stereocenters. The van der Waals surface area contributed by atoms with Crippen molar-refractivity contribution in [1.29, 1.82) is 5.26 Å². The van der Waals surface area contributed by atoms with Gasteiger partial charge < -0.3 is 14.5 Å². The minimum Gasteiger partial charge on any atom is -0.489 e. The van der Waals surface area contributed by atoms with Gasteiger partial charge in [-0.3, -0.25) is 4.79 Å². The van der Waals surface area contributed by atoms with Crippen molar-refractivity contribution in [3.8, 4) is 23.2 Å². The van der Waals surface area contributed by atoms with Crippen molar-refractivity contribution in [2.45, 2.75) is 6.61 Å². The first-order chi connectivity index (χ1) is 17.0. The Kier molecular flexibility index (Phi) is 5.60. The van der Waals surface area contributed by atoms with Crippen LogP contribution >= 0.6 is 0 Å². The SMILES string of the molecule is N#Cc1cc(F)ccc1COc1ccc(NC(=O)c2coc3cc(-c4nn[nH]n4)c(F)cc23)cc1. The number of rotatable bonds is 6. The highest BCUT2D eigenvalue weighted by atomic mass is 19.1. The lowest BCUT2D eigenvalue weighted by Crippen LogP contribution is -2.11. The molecular weight excluding hydrogens is 458 g/mol. The second-order valence-corrected chi connectivity index (χ2v) is 7.39. The first-order valence-corrected chi connectivity index (χ1v) is 10.2. The number of amides is 1. The van der Waals surface area contributed by atoms with Crippen molar-refractivity contribution < 1.29 is 22.7 Å². The fraction of sp³-hybridized carbons (Fsp3) is 0.0417. The Balaban J connectivity index is 1.28. The largest absolute Gasteiger partial charge is 0.489 e. The minimum atomic E-state index is -0.628. The second-order valence-electron chi connectivity index (χ2n) is 7.39. The van der Waals surface area contributed by atoms with Crippen LogP contribution in [-0.2, 0) is 6.61 Å². The highest BCUT2D eigenvalue weighted by molar-refractivity contribution is 6.12. The van der Waals surface area contributed by atoms with E-state index in [-0.39, 0.29) is 34.7 Å². The number of halogens is 2. The molecule has 2 heterocycles. The summed E-state index contributed by atoms with van der Waals surface area (Å²) >= 11 is 0. The number of furan rings is 1. The van der Waals surface area contributed by atoms with E-state index in [0.717, 1.165) is 6.07 Å². The van der Waals surface area contributed by atoms with Gasteiger partial charge >= 0.3 is 0 Å². The second kappa shape index (κ2) is 9.03. The lowest BCUT2D eigenvalue weighted by molar-refractivity contribution is 0.102. The van der Waals surface area contributed by atoms with Gasteiger partial charge in [-0.05, 0) is 53.7 Å². The molecule has 3 aromatic carbocycles. The zero-order valence-electron chi connectivity index (χ0n) is 17.8. The van der Waals surface area contributed by atoms with Crippen molar-refractivity contribution in [1.82, 2.24) is 20.6 Å². The molecular formula is C24H14F2N6O3. The number of aromatic nitrogens is 4. The van der Waals surface area contributed by atoms with E-state index in [0.29, 0.717) is 22.4 Å². The first kappa shape index (κ1) is 21.7. The average molecular weight is 472 g/mol. The van der Waals surface area contributed by atoms with Gasteiger partial charge in [0.15, 0.2) is 0 Å². The zero-order valence-corrected chi connectivity index (χ0v) is 17.8. The summed E-state index contributed by atoms with van der Waals surface area (Å²) in [5.74, 6) is -1.06. The standard InChI is InChI=1S/C24H14F2N6O3/c25-15-2-1-13(14(7-15)10-27)11-34-17-5-3-16(4-6-17)28-24(33)20-12-35-22-9-19(21(26)8-18(20)22)23-29-31-32-30-23/h1-9,12H,11H2,(H,28,33)(H,29,30,31,32). The molecule has 5 rings (SSSR count). The fourth-order valence-corrected chi connectivity index (χ4v) is 3.44. The Hall–Kier alpha value is -5.11. The van der Waals surface area contributed by atoms with E-state index >= 15 is 0 Å². The number of anilines is 1. The van der Waals surface area contributed by atoms with Gasteiger partial charge in [-0.15, -0.1) is 10.2 Å². The molecule has 0 spiro atoms. The van der Waals surface area contributed by atoms with Crippen LogP contribution in [0, 0.1) is 23.0 Å². The first-order valence-electron chi connectivity index (χ1n) is 10.2. The number of carbonyl (C=O) groups is 1. The molecule has 5 aromatic rings. The van der Waals surface area contributed by atoms with E-state index in [1.54, 1.807) is 24.3 Å². The third-order valence-electron chi connectivity index (χ3n) is 5.19. The van der Waals surface area contributed by atoms with Gasteiger partial charge in [0.25, 0.3) is 5.91 Å². The Labute approximate surface area is 195 Å². The van der Waals surface area contributed by atoms with Crippen molar-refractivity contribution in [3.63, 3.8) is 0 Å². The Morgan fingerprint density at radius 3 is 2.71 bits per heavy atom. The molecule has 0 saturated heterocycles. The van der Waals surface area contributed by atoms with E-state index in [2.05, 4.69) is 25.9 Å². The van der Waals surface area contributed by atoms with Gasteiger partial charge in [-0.25, -0.2) is 8.78 Å². The van der Waals surface area contributed by atoms with Gasteiger partial charge in [-0.2, -0.15) is 10.5 Å². The van der Waals surface area contributed by atoms with Crippen molar-refractivity contribution in [2.75, 3.05) is 5.32 Å². The minimum absolute atomic E-state index is 0.0670. The zero-order chi connectivity index (χ0) is 24.4. The molecule has 0 radical (unpaired) electrons. The molecule has 0 aliphatic rings. The molecule has 2 N–H and O–H groups in total. The van der Waals surface area contributed by atoms with Gasteiger partial charge in [0.2, 0.25) is 5.82 Å². The molecule has 0 saturated carbocycles. The van der Waals surface area contributed by atoms with Crippen LogP contribution in [0.1, 0.15) is 21.5 Å². The average Bonchev–Trinajstić information content (AvgIpc) is 3.53. The summed E-state index contributed by atoms with van der Waals surface area (Å²) in [6, 6.07) is 14.9. The number of nitrogens with one attached hydrogen (secondary N) is 2. The summed E-state index contributed by atoms with van der Waals surface area (Å²) in [7, 11) is 0. The van der Waals surface area contributed by atoms with E-state index < -0.39 is 17.5 Å². The fourth-order valence-electron chi connectivity index (χ4n) is 3.44. The van der Waals surface area contributed by atoms with Crippen LogP contribution in [0.15, 0.2) is 65.3 Å². The summed E-state index contributed by atoms with van der Waals surface area (Å²) < 4.78 is 39.0. The third kappa shape index (κ3) is 4.40. The van der Waals surface area contributed by atoms with Crippen molar-refractivity contribution in [3.05, 3.63) is 89.2 Å². The van der Waals surface area contributed by atoms with Crippen LogP contribution in [0.5, 0.6) is 5.75 Å². The van der Waals surface area contributed by atoms with Crippen LogP contribution in [0.4, 0.5) is 14.5 Å². The molecule has 172 valence electrons. The van der Waals surface area contributed by atoms with E-state index in [1.165, 1.54) is 30.5 Å². The van der Waals surface area contributed by atoms with Crippen LogP contribution in [0.3, 0.4) is 0 Å². The predicted molar refractivity (Wildman–Crippen MR) is 119 cm³/mol. The van der Waals surface area contributed by atoms with Crippen molar-refractivity contribution >= 4 is 22.6 Å². The monoisotopic (exact) mass is 472 g/mol. The molecule has 2 aromatic heterocycles. The molecule has 0 aliphatic heterocycles. The Morgan fingerprint density at radius 2 is 1.97 bits per heavy atom. The molecule has 0 bridgehead atoms. The normalized spacial score (nSPS) is 10.8. The topological polar surface area (TPSA) is 130 Å². The van der Waals surface area contributed by atoms with Gasteiger partial charge in [0.1, 0.15) is 35.8 Å². The molecule has 35 heavy (non-hydrogen) atoms.